The van der Waals surface area contributed by atoms with Crippen molar-refractivity contribution >= 4 is 17.6 Å². The molecule has 0 saturated carbocycles. The molecule has 1 aromatic carbocycles. The topological polar surface area (TPSA) is 85.2 Å². The van der Waals surface area contributed by atoms with Gasteiger partial charge >= 0.3 is 6.03 Å². The van der Waals surface area contributed by atoms with Gasteiger partial charge in [-0.3, -0.25) is 4.79 Å². The number of rotatable bonds is 4. The van der Waals surface area contributed by atoms with Crippen LogP contribution in [0.3, 0.4) is 0 Å². The van der Waals surface area contributed by atoms with Gasteiger partial charge in [0.25, 0.3) is 0 Å². The van der Waals surface area contributed by atoms with E-state index in [1.807, 2.05) is 6.92 Å². The van der Waals surface area contributed by atoms with Crippen LogP contribution in [-0.2, 0) is 4.79 Å². The number of carbonyl (C=O) groups excluding carboxylic acids is 2. The molecule has 1 saturated heterocycles. The standard InChI is InChI=1S/C19H26N4O2/c1-13(2)14(3)21-18(24)16-7-9-23(10-8-16)19(25)22-17-6-4-5-15(11-17)12-20/h4-6,11,13-14,16H,7-10H2,1-3H3,(H,21,24)(H,22,25). The Bertz CT molecular complexity index is 658. The lowest BCUT2D eigenvalue weighted by atomic mass is 9.95. The number of amides is 3. The van der Waals surface area contributed by atoms with Crippen molar-refractivity contribution in [3.8, 4) is 6.07 Å². The molecule has 6 nitrogen and oxygen atoms in total. The van der Waals surface area contributed by atoms with Crippen LogP contribution in [0.25, 0.3) is 0 Å². The molecule has 2 N–H and O–H groups in total. The first-order chi connectivity index (χ1) is 11.9. The van der Waals surface area contributed by atoms with Crippen LogP contribution in [0.15, 0.2) is 24.3 Å². The summed E-state index contributed by atoms with van der Waals surface area (Å²) < 4.78 is 0. The van der Waals surface area contributed by atoms with E-state index in [-0.39, 0.29) is 23.9 Å². The summed E-state index contributed by atoms with van der Waals surface area (Å²) in [7, 11) is 0. The first kappa shape index (κ1) is 18.8. The second-order valence-corrected chi connectivity index (χ2v) is 6.93. The lowest BCUT2D eigenvalue weighted by Crippen LogP contribution is -2.46. The zero-order valence-corrected chi connectivity index (χ0v) is 15.1. The molecule has 6 heteroatoms. The molecular weight excluding hydrogens is 316 g/mol. The third kappa shape index (κ3) is 5.21. The molecular formula is C19H26N4O2. The van der Waals surface area contributed by atoms with Crippen molar-refractivity contribution in [1.82, 2.24) is 10.2 Å². The minimum Gasteiger partial charge on any atom is -0.353 e. The maximum Gasteiger partial charge on any atom is 0.321 e. The number of hydrogen-bond donors (Lipinski definition) is 2. The summed E-state index contributed by atoms with van der Waals surface area (Å²) in [5, 5.41) is 14.8. The van der Waals surface area contributed by atoms with Crippen molar-refractivity contribution in [2.75, 3.05) is 18.4 Å². The average molecular weight is 342 g/mol. The van der Waals surface area contributed by atoms with Gasteiger partial charge in [-0.15, -0.1) is 0 Å². The van der Waals surface area contributed by atoms with Gasteiger partial charge in [0.15, 0.2) is 0 Å². The Balaban J connectivity index is 1.84. The van der Waals surface area contributed by atoms with Crippen molar-refractivity contribution in [2.45, 2.75) is 39.7 Å². The Kier molecular flexibility index (Phi) is 6.40. The SMILES string of the molecule is CC(C)C(C)NC(=O)C1CCN(C(=O)Nc2cccc(C#N)c2)CC1. The molecule has 0 spiro atoms. The van der Waals surface area contributed by atoms with Gasteiger partial charge < -0.3 is 15.5 Å². The lowest BCUT2D eigenvalue weighted by Gasteiger charge is -2.32. The Morgan fingerprint density at radius 1 is 1.24 bits per heavy atom. The van der Waals surface area contributed by atoms with Crippen LogP contribution in [-0.4, -0.2) is 36.0 Å². The summed E-state index contributed by atoms with van der Waals surface area (Å²) >= 11 is 0. The summed E-state index contributed by atoms with van der Waals surface area (Å²) in [4.78, 5) is 26.3. The molecule has 2 rings (SSSR count). The van der Waals surface area contributed by atoms with Crippen molar-refractivity contribution in [3.63, 3.8) is 0 Å². The number of likely N-dealkylation sites (tertiary alicyclic amines) is 1. The van der Waals surface area contributed by atoms with E-state index in [0.717, 1.165) is 0 Å². The maximum atomic E-state index is 12.3. The number of nitrogens with zero attached hydrogens (tertiary/aromatic N) is 2. The van der Waals surface area contributed by atoms with E-state index in [0.29, 0.717) is 43.1 Å². The molecule has 1 atom stereocenters. The molecule has 1 fully saturated rings. The number of benzene rings is 1. The second-order valence-electron chi connectivity index (χ2n) is 6.93. The molecule has 1 aliphatic heterocycles. The van der Waals surface area contributed by atoms with Gasteiger partial charge in [0.1, 0.15) is 0 Å². The highest BCUT2D eigenvalue weighted by Gasteiger charge is 2.28. The van der Waals surface area contributed by atoms with E-state index in [9.17, 15) is 9.59 Å². The number of hydrogen-bond acceptors (Lipinski definition) is 3. The lowest BCUT2D eigenvalue weighted by molar-refractivity contribution is -0.127. The number of piperidine rings is 1. The Morgan fingerprint density at radius 2 is 1.92 bits per heavy atom. The van der Waals surface area contributed by atoms with Gasteiger partial charge in [-0.1, -0.05) is 19.9 Å². The fourth-order valence-corrected chi connectivity index (χ4v) is 2.72. The quantitative estimate of drug-likeness (QED) is 0.882. The van der Waals surface area contributed by atoms with Crippen LogP contribution in [0.4, 0.5) is 10.5 Å². The maximum absolute atomic E-state index is 12.3. The number of anilines is 1. The van der Waals surface area contributed by atoms with E-state index in [1.165, 1.54) is 0 Å². The van der Waals surface area contributed by atoms with Crippen molar-refractivity contribution in [2.24, 2.45) is 11.8 Å². The first-order valence-electron chi connectivity index (χ1n) is 8.77. The van der Waals surface area contributed by atoms with Gasteiger partial charge in [0.2, 0.25) is 5.91 Å². The van der Waals surface area contributed by atoms with Crippen LogP contribution in [0.1, 0.15) is 39.2 Å². The van der Waals surface area contributed by atoms with E-state index >= 15 is 0 Å². The van der Waals surface area contributed by atoms with E-state index in [1.54, 1.807) is 29.2 Å². The fraction of sp³-hybridized carbons (Fsp3) is 0.526. The molecule has 1 aliphatic rings. The van der Waals surface area contributed by atoms with Crippen LogP contribution >= 0.6 is 0 Å². The van der Waals surface area contributed by atoms with Crippen LogP contribution in [0.2, 0.25) is 0 Å². The van der Waals surface area contributed by atoms with Gasteiger partial charge in [-0.05, 0) is 43.9 Å². The Labute approximate surface area is 149 Å². The van der Waals surface area contributed by atoms with E-state index in [2.05, 4.69) is 30.6 Å². The van der Waals surface area contributed by atoms with Crippen LogP contribution in [0, 0.1) is 23.2 Å². The van der Waals surface area contributed by atoms with E-state index < -0.39 is 0 Å². The summed E-state index contributed by atoms with van der Waals surface area (Å²) in [6.07, 6.45) is 1.34. The van der Waals surface area contributed by atoms with Gasteiger partial charge in [0, 0.05) is 30.7 Å². The van der Waals surface area contributed by atoms with Crippen molar-refractivity contribution < 1.29 is 9.59 Å². The minimum absolute atomic E-state index is 0.0350. The molecule has 0 radical (unpaired) electrons. The van der Waals surface area contributed by atoms with Gasteiger partial charge in [-0.25, -0.2) is 4.79 Å². The highest BCUT2D eigenvalue weighted by atomic mass is 16.2. The number of nitriles is 1. The van der Waals surface area contributed by atoms with E-state index in [4.69, 9.17) is 5.26 Å². The zero-order valence-electron chi connectivity index (χ0n) is 15.1. The molecule has 1 heterocycles. The number of nitrogens with one attached hydrogen (secondary N) is 2. The minimum atomic E-state index is -0.190. The third-order valence-electron chi connectivity index (χ3n) is 4.77. The predicted octanol–water partition coefficient (Wildman–Crippen LogP) is 2.96. The molecule has 0 aliphatic carbocycles. The summed E-state index contributed by atoms with van der Waals surface area (Å²) in [5.41, 5.74) is 1.11. The highest BCUT2D eigenvalue weighted by molar-refractivity contribution is 5.89. The van der Waals surface area contributed by atoms with Crippen molar-refractivity contribution in [3.05, 3.63) is 29.8 Å². The zero-order chi connectivity index (χ0) is 18.4. The predicted molar refractivity (Wildman–Crippen MR) is 96.9 cm³/mol. The summed E-state index contributed by atoms with van der Waals surface area (Å²) in [6, 6.07) is 8.85. The largest absolute Gasteiger partial charge is 0.353 e. The fourth-order valence-electron chi connectivity index (χ4n) is 2.72. The monoisotopic (exact) mass is 342 g/mol. The molecule has 0 bridgehead atoms. The summed E-state index contributed by atoms with van der Waals surface area (Å²) in [6.45, 7) is 7.29. The molecule has 3 amide bonds. The molecule has 1 aromatic rings. The van der Waals surface area contributed by atoms with Gasteiger partial charge in [-0.2, -0.15) is 5.26 Å². The smallest absolute Gasteiger partial charge is 0.321 e. The molecule has 0 aromatic heterocycles. The number of urea groups is 1. The average Bonchev–Trinajstić information content (AvgIpc) is 2.61. The van der Waals surface area contributed by atoms with Crippen molar-refractivity contribution in [1.29, 1.82) is 5.26 Å². The first-order valence-corrected chi connectivity index (χ1v) is 8.77. The normalized spacial score (nSPS) is 16.2. The molecule has 134 valence electrons. The summed E-state index contributed by atoms with van der Waals surface area (Å²) in [5.74, 6) is 0.453. The Hall–Kier alpha value is -2.55. The highest BCUT2D eigenvalue weighted by Crippen LogP contribution is 2.19. The molecule has 1 unspecified atom stereocenters. The van der Waals surface area contributed by atoms with Crippen LogP contribution < -0.4 is 10.6 Å². The van der Waals surface area contributed by atoms with Gasteiger partial charge in [0.05, 0.1) is 11.6 Å². The third-order valence-corrected chi connectivity index (χ3v) is 4.77. The second kappa shape index (κ2) is 8.52. The Morgan fingerprint density at radius 3 is 2.52 bits per heavy atom. The van der Waals surface area contributed by atoms with Crippen LogP contribution in [0.5, 0.6) is 0 Å². The number of carbonyl (C=O) groups is 2. The molecule has 25 heavy (non-hydrogen) atoms.